The monoisotopic (exact) mass is 432 g/mol. The van der Waals surface area contributed by atoms with Crippen LogP contribution in [0.25, 0.3) is 6.08 Å². The van der Waals surface area contributed by atoms with E-state index in [-0.39, 0.29) is 5.78 Å². The topological polar surface area (TPSA) is 54.4 Å². The predicted molar refractivity (Wildman–Crippen MR) is 127 cm³/mol. The number of carbonyl (C=O) groups is 2. The van der Waals surface area contributed by atoms with Crippen LogP contribution in [0.5, 0.6) is 0 Å². The van der Waals surface area contributed by atoms with Crippen molar-refractivity contribution in [3.05, 3.63) is 28.0 Å². The van der Waals surface area contributed by atoms with Gasteiger partial charge in [-0.3, -0.25) is 4.79 Å². The van der Waals surface area contributed by atoms with Crippen LogP contribution in [0.15, 0.2) is 18.2 Å². The molecule has 0 saturated heterocycles. The van der Waals surface area contributed by atoms with Crippen LogP contribution < -0.4 is 0 Å². The molecule has 1 heterocycles. The van der Waals surface area contributed by atoms with Crippen LogP contribution >= 0.6 is 11.3 Å². The average Bonchev–Trinajstić information content (AvgIpc) is 3.20. The highest BCUT2D eigenvalue weighted by Gasteiger charge is 2.16. The van der Waals surface area contributed by atoms with Crippen LogP contribution in [0.2, 0.25) is 0 Å². The lowest BCUT2D eigenvalue weighted by Crippen LogP contribution is -2.08. The fourth-order valence-corrected chi connectivity index (χ4v) is 5.30. The second-order valence-corrected chi connectivity index (χ2v) is 10.0. The molecule has 3 nitrogen and oxygen atoms in total. The molecule has 0 bridgehead atoms. The van der Waals surface area contributed by atoms with Crippen molar-refractivity contribution in [3.63, 3.8) is 0 Å². The van der Waals surface area contributed by atoms with Crippen LogP contribution in [0, 0.1) is 5.92 Å². The maximum absolute atomic E-state index is 12.8. The zero-order chi connectivity index (χ0) is 21.4. The van der Waals surface area contributed by atoms with Crippen LogP contribution in [0.4, 0.5) is 0 Å². The normalized spacial score (nSPS) is 19.5. The molecule has 0 aliphatic heterocycles. The number of thiophene rings is 1. The molecule has 0 unspecified atom stereocenters. The van der Waals surface area contributed by atoms with Crippen LogP contribution in [0.1, 0.15) is 124 Å². The van der Waals surface area contributed by atoms with Gasteiger partial charge in [0.25, 0.3) is 0 Å². The lowest BCUT2D eigenvalue weighted by Gasteiger charge is -2.16. The molecule has 1 aromatic heterocycles. The number of hydrogen-bond acceptors (Lipinski definition) is 3. The van der Waals surface area contributed by atoms with Crippen LogP contribution in [0.3, 0.4) is 0 Å². The smallest absolute Gasteiger partial charge is 0.328 e. The summed E-state index contributed by atoms with van der Waals surface area (Å²) in [5, 5.41) is 8.76. The first kappa shape index (κ1) is 24.8. The zero-order valence-corrected chi connectivity index (χ0v) is 19.4. The number of Topliss-reactive ketones (excluding diaryl/α,β-unsaturated/α-hetero) is 1. The summed E-state index contributed by atoms with van der Waals surface area (Å²) in [6.07, 6.45) is 24.6. The molecule has 0 amide bonds. The number of carboxylic acids is 1. The third-order valence-electron chi connectivity index (χ3n) is 6.24. The highest BCUT2D eigenvalue weighted by Crippen LogP contribution is 2.27. The maximum atomic E-state index is 12.8. The van der Waals surface area contributed by atoms with Gasteiger partial charge < -0.3 is 5.11 Å². The minimum Gasteiger partial charge on any atom is -0.478 e. The molecule has 0 aromatic carbocycles. The molecule has 1 N–H and O–H groups in total. The molecule has 0 radical (unpaired) electrons. The molecule has 0 spiro atoms. The number of ketones is 1. The molecule has 2 rings (SSSR count). The van der Waals surface area contributed by atoms with E-state index in [2.05, 4.69) is 0 Å². The number of rotatable bonds is 5. The number of aliphatic carboxylic acids is 1. The van der Waals surface area contributed by atoms with Gasteiger partial charge in [0.1, 0.15) is 0 Å². The number of carbonyl (C=O) groups excluding carboxylic acids is 1. The predicted octanol–water partition coefficient (Wildman–Crippen LogP) is 8.29. The number of hydrogen-bond donors (Lipinski definition) is 1. The van der Waals surface area contributed by atoms with Gasteiger partial charge in [-0.1, -0.05) is 103 Å². The Morgan fingerprint density at radius 2 is 1.27 bits per heavy atom. The Bertz CT molecular complexity index is 628. The quantitative estimate of drug-likeness (QED) is 0.376. The van der Waals surface area contributed by atoms with E-state index < -0.39 is 5.97 Å². The summed E-state index contributed by atoms with van der Waals surface area (Å²) in [5.41, 5.74) is 0. The Kier molecular flexibility index (Phi) is 12.7. The van der Waals surface area contributed by atoms with E-state index in [1.807, 2.05) is 12.1 Å². The zero-order valence-electron chi connectivity index (χ0n) is 18.6. The molecule has 1 saturated carbocycles. The van der Waals surface area contributed by atoms with E-state index in [1.54, 1.807) is 6.08 Å². The summed E-state index contributed by atoms with van der Waals surface area (Å²) in [6.45, 7) is 0. The Hall–Kier alpha value is -1.42. The second-order valence-electron chi connectivity index (χ2n) is 8.89. The lowest BCUT2D eigenvalue weighted by atomic mass is 9.89. The highest BCUT2D eigenvalue weighted by atomic mass is 32.1. The van der Waals surface area contributed by atoms with Crippen molar-refractivity contribution in [2.24, 2.45) is 5.92 Å². The average molecular weight is 433 g/mol. The molecule has 0 atom stereocenters. The van der Waals surface area contributed by atoms with Crippen molar-refractivity contribution in [2.75, 3.05) is 0 Å². The van der Waals surface area contributed by atoms with E-state index in [9.17, 15) is 9.59 Å². The first-order chi connectivity index (χ1) is 14.6. The van der Waals surface area contributed by atoms with Gasteiger partial charge in [-0.2, -0.15) is 0 Å². The summed E-state index contributed by atoms with van der Waals surface area (Å²) in [4.78, 5) is 25.1. The van der Waals surface area contributed by atoms with E-state index in [0.29, 0.717) is 12.3 Å². The molecule has 1 aliphatic carbocycles. The van der Waals surface area contributed by atoms with Crippen molar-refractivity contribution in [1.29, 1.82) is 0 Å². The van der Waals surface area contributed by atoms with Crippen LogP contribution in [-0.2, 0) is 4.79 Å². The summed E-state index contributed by atoms with van der Waals surface area (Å²) >= 11 is 1.41. The van der Waals surface area contributed by atoms with Gasteiger partial charge in [0, 0.05) is 17.4 Å². The van der Waals surface area contributed by atoms with Gasteiger partial charge in [0.15, 0.2) is 5.78 Å². The largest absolute Gasteiger partial charge is 0.478 e. The molecule has 1 fully saturated rings. The van der Waals surface area contributed by atoms with Gasteiger partial charge >= 0.3 is 5.97 Å². The first-order valence-electron chi connectivity index (χ1n) is 12.2. The number of carboxylic acid groups (broad SMARTS) is 1. The summed E-state index contributed by atoms with van der Waals surface area (Å²) in [6, 6.07) is 3.70. The fraction of sp³-hybridized carbons (Fsp3) is 0.692. The van der Waals surface area contributed by atoms with Crippen molar-refractivity contribution >= 4 is 29.2 Å². The fourth-order valence-electron chi connectivity index (χ4n) is 4.44. The SMILES string of the molecule is O=C(O)C=Cc1ccc(C(=O)CC2CCCCCCCCCCCCCCCC2)s1. The lowest BCUT2D eigenvalue weighted by molar-refractivity contribution is -0.131. The van der Waals surface area contributed by atoms with Crippen molar-refractivity contribution in [2.45, 2.75) is 109 Å². The minimum absolute atomic E-state index is 0.228. The maximum Gasteiger partial charge on any atom is 0.328 e. The minimum atomic E-state index is -0.960. The molecule has 30 heavy (non-hydrogen) atoms. The van der Waals surface area contributed by atoms with Crippen molar-refractivity contribution in [3.8, 4) is 0 Å². The third-order valence-corrected chi connectivity index (χ3v) is 7.33. The van der Waals surface area contributed by atoms with Gasteiger partial charge in [-0.25, -0.2) is 4.79 Å². The Labute approximate surface area is 187 Å². The molecule has 1 aliphatic rings. The highest BCUT2D eigenvalue weighted by molar-refractivity contribution is 7.14. The Morgan fingerprint density at radius 3 is 1.73 bits per heavy atom. The van der Waals surface area contributed by atoms with E-state index >= 15 is 0 Å². The van der Waals surface area contributed by atoms with Gasteiger partial charge in [-0.15, -0.1) is 11.3 Å². The first-order valence-corrected chi connectivity index (χ1v) is 13.0. The molecule has 4 heteroatoms. The second kappa shape index (κ2) is 15.4. The van der Waals surface area contributed by atoms with E-state index in [1.165, 1.54) is 114 Å². The Morgan fingerprint density at radius 1 is 0.800 bits per heavy atom. The summed E-state index contributed by atoms with van der Waals surface area (Å²) in [5.74, 6) is -0.239. The van der Waals surface area contributed by atoms with Gasteiger partial charge in [0.2, 0.25) is 0 Å². The van der Waals surface area contributed by atoms with E-state index in [4.69, 9.17) is 5.11 Å². The van der Waals surface area contributed by atoms with Gasteiger partial charge in [0.05, 0.1) is 4.88 Å². The molecular weight excluding hydrogens is 392 g/mol. The summed E-state index contributed by atoms with van der Waals surface area (Å²) in [7, 11) is 0. The summed E-state index contributed by atoms with van der Waals surface area (Å²) < 4.78 is 0. The van der Waals surface area contributed by atoms with Gasteiger partial charge in [-0.05, 0) is 24.1 Å². The van der Waals surface area contributed by atoms with Crippen LogP contribution in [-0.4, -0.2) is 16.9 Å². The van der Waals surface area contributed by atoms with E-state index in [0.717, 1.165) is 15.8 Å². The molecular formula is C26H40O3S. The van der Waals surface area contributed by atoms with Crippen molar-refractivity contribution < 1.29 is 14.7 Å². The molecule has 1 aromatic rings. The standard InChI is InChI=1S/C26H40O3S/c27-24(25-19-17-23(30-25)18-20-26(28)29)21-22-15-13-11-9-7-5-3-1-2-4-6-8-10-12-14-16-22/h17-20,22H,1-16,21H2,(H,28,29). The third kappa shape index (κ3) is 11.1. The van der Waals surface area contributed by atoms with Crippen molar-refractivity contribution in [1.82, 2.24) is 0 Å². The molecule has 168 valence electrons. The Balaban J connectivity index is 1.84.